The van der Waals surface area contributed by atoms with Crippen molar-refractivity contribution >= 4 is 21.4 Å². The first-order valence-corrected chi connectivity index (χ1v) is 9.16. The molecule has 0 unspecified atom stereocenters. The summed E-state index contributed by atoms with van der Waals surface area (Å²) in [6.07, 6.45) is 2.28. The monoisotopic (exact) mass is 325 g/mol. The van der Waals surface area contributed by atoms with Crippen LogP contribution in [-0.4, -0.2) is 26.5 Å². The Morgan fingerprint density at radius 1 is 1.33 bits per heavy atom. The van der Waals surface area contributed by atoms with Gasteiger partial charge in [0.25, 0.3) is 0 Å². The fourth-order valence-corrected chi connectivity index (χ4v) is 4.06. The van der Waals surface area contributed by atoms with Crippen molar-refractivity contribution in [1.29, 1.82) is 0 Å². The van der Waals surface area contributed by atoms with Crippen LogP contribution in [0.25, 0.3) is 0 Å². The molecule has 0 fully saturated rings. The van der Waals surface area contributed by atoms with Gasteiger partial charge in [-0.1, -0.05) is 13.0 Å². The minimum absolute atomic E-state index is 0.335. The Morgan fingerprint density at radius 3 is 2.90 bits per heavy atom. The Hall–Kier alpha value is -1.28. The molecule has 0 radical (unpaired) electrons. The van der Waals surface area contributed by atoms with Gasteiger partial charge in [0, 0.05) is 41.7 Å². The molecule has 0 aliphatic heterocycles. The van der Waals surface area contributed by atoms with Crippen LogP contribution in [0.15, 0.2) is 40.7 Å². The van der Waals surface area contributed by atoms with E-state index in [4.69, 9.17) is 0 Å². The molecule has 5 nitrogen and oxygen atoms in total. The van der Waals surface area contributed by atoms with Gasteiger partial charge in [0.1, 0.15) is 0 Å². The Bertz CT molecular complexity index is 654. The number of thiophene rings is 1. The van der Waals surface area contributed by atoms with Crippen LogP contribution in [0.3, 0.4) is 0 Å². The highest BCUT2D eigenvalue weighted by Gasteiger charge is 2.15. The normalized spacial score (nSPS) is 11.7. The molecule has 21 heavy (non-hydrogen) atoms. The molecule has 2 rings (SSSR count). The highest BCUT2D eigenvalue weighted by atomic mass is 32.2. The lowest BCUT2D eigenvalue weighted by Crippen LogP contribution is -2.25. The van der Waals surface area contributed by atoms with E-state index in [9.17, 15) is 8.42 Å². The van der Waals surface area contributed by atoms with Gasteiger partial charge in [0.2, 0.25) is 10.0 Å². The molecule has 0 aliphatic rings. The van der Waals surface area contributed by atoms with E-state index < -0.39 is 10.0 Å². The minimum atomic E-state index is -3.43. The lowest BCUT2D eigenvalue weighted by Gasteiger charge is -2.04. The van der Waals surface area contributed by atoms with Gasteiger partial charge in [-0.3, -0.25) is 4.98 Å². The van der Waals surface area contributed by atoms with E-state index in [0.29, 0.717) is 24.4 Å². The second-order valence-electron chi connectivity index (χ2n) is 4.50. The van der Waals surface area contributed by atoms with Crippen molar-refractivity contribution in [2.75, 3.05) is 13.1 Å². The van der Waals surface area contributed by atoms with Gasteiger partial charge in [0.15, 0.2) is 0 Å². The average molecular weight is 325 g/mol. The molecule has 0 amide bonds. The minimum Gasteiger partial charge on any atom is -0.312 e. The van der Waals surface area contributed by atoms with E-state index in [2.05, 4.69) is 15.0 Å². The number of sulfonamides is 1. The smallest absolute Gasteiger partial charge is 0.241 e. The molecular weight excluding hydrogens is 306 g/mol. The number of aromatic nitrogens is 1. The second-order valence-corrected chi connectivity index (χ2v) is 7.26. The third-order valence-corrected chi connectivity index (χ3v) is 5.41. The van der Waals surface area contributed by atoms with Gasteiger partial charge >= 0.3 is 0 Å². The summed E-state index contributed by atoms with van der Waals surface area (Å²) in [5.41, 5.74) is 0.873. The molecule has 0 aromatic carbocycles. The fourth-order valence-electron chi connectivity index (χ4n) is 1.79. The first-order valence-electron chi connectivity index (χ1n) is 6.79. The van der Waals surface area contributed by atoms with Crippen LogP contribution in [0, 0.1) is 0 Å². The van der Waals surface area contributed by atoms with E-state index in [0.717, 1.165) is 17.1 Å². The molecule has 2 aromatic heterocycles. The number of pyridine rings is 1. The highest BCUT2D eigenvalue weighted by Crippen LogP contribution is 2.19. The number of nitrogens with zero attached hydrogens (tertiary/aromatic N) is 1. The van der Waals surface area contributed by atoms with Gasteiger partial charge in [-0.25, -0.2) is 13.1 Å². The number of rotatable bonds is 8. The largest absolute Gasteiger partial charge is 0.312 e. The molecule has 2 N–H and O–H groups in total. The summed E-state index contributed by atoms with van der Waals surface area (Å²) in [5.74, 6) is 0. The van der Waals surface area contributed by atoms with Crippen LogP contribution in [-0.2, 0) is 23.0 Å². The Balaban J connectivity index is 1.90. The van der Waals surface area contributed by atoms with E-state index in [1.54, 1.807) is 17.6 Å². The molecule has 0 aliphatic carbocycles. The van der Waals surface area contributed by atoms with Crippen LogP contribution in [0.1, 0.15) is 17.5 Å². The van der Waals surface area contributed by atoms with E-state index in [1.807, 2.05) is 25.1 Å². The second kappa shape index (κ2) is 7.65. The molecule has 114 valence electrons. The van der Waals surface area contributed by atoms with Crippen LogP contribution in [0.4, 0.5) is 0 Å². The molecular formula is C14H19N3O2S2. The molecule has 0 bridgehead atoms. The van der Waals surface area contributed by atoms with Crippen molar-refractivity contribution in [1.82, 2.24) is 15.0 Å². The average Bonchev–Trinajstić information content (AvgIpc) is 2.96. The summed E-state index contributed by atoms with van der Waals surface area (Å²) < 4.78 is 26.9. The first-order chi connectivity index (χ1) is 10.1. The predicted molar refractivity (Wildman–Crippen MR) is 84.8 cm³/mol. The fraction of sp³-hybridized carbons (Fsp3) is 0.357. The maximum absolute atomic E-state index is 12.2. The van der Waals surface area contributed by atoms with Crippen molar-refractivity contribution in [2.45, 2.75) is 24.8 Å². The van der Waals surface area contributed by atoms with Crippen molar-refractivity contribution in [3.63, 3.8) is 0 Å². The quantitative estimate of drug-likeness (QED) is 0.776. The summed E-state index contributed by atoms with van der Waals surface area (Å²) in [6.45, 7) is 3.93. The van der Waals surface area contributed by atoms with Crippen LogP contribution in [0.5, 0.6) is 0 Å². The molecule has 7 heteroatoms. The highest BCUT2D eigenvalue weighted by molar-refractivity contribution is 7.89. The Labute approximate surface area is 129 Å². The van der Waals surface area contributed by atoms with Crippen LogP contribution >= 0.6 is 11.3 Å². The number of hydrogen-bond donors (Lipinski definition) is 2. The summed E-state index contributed by atoms with van der Waals surface area (Å²) in [7, 11) is -3.43. The Morgan fingerprint density at radius 2 is 2.19 bits per heavy atom. The topological polar surface area (TPSA) is 71.1 Å². The van der Waals surface area contributed by atoms with Crippen molar-refractivity contribution < 1.29 is 8.42 Å². The molecule has 0 saturated heterocycles. The predicted octanol–water partition coefficient (Wildman–Crippen LogP) is 1.77. The molecule has 0 atom stereocenters. The zero-order valence-corrected chi connectivity index (χ0v) is 13.5. The van der Waals surface area contributed by atoms with Crippen molar-refractivity contribution in [3.8, 4) is 0 Å². The molecule has 2 aromatic rings. The third-order valence-electron chi connectivity index (χ3n) is 2.89. The zero-order chi connectivity index (χ0) is 15.1. The first kappa shape index (κ1) is 16.1. The van der Waals surface area contributed by atoms with E-state index >= 15 is 0 Å². The maximum atomic E-state index is 12.2. The molecule has 0 saturated carbocycles. The number of hydrogen-bond acceptors (Lipinski definition) is 5. The summed E-state index contributed by atoms with van der Waals surface area (Å²) in [6, 6.07) is 7.33. The number of nitrogens with one attached hydrogen (secondary N) is 2. The van der Waals surface area contributed by atoms with Gasteiger partial charge < -0.3 is 5.32 Å². The lowest BCUT2D eigenvalue weighted by atomic mass is 10.3. The van der Waals surface area contributed by atoms with Gasteiger partial charge in [-0.15, -0.1) is 11.3 Å². The third kappa shape index (κ3) is 4.89. The summed E-state index contributed by atoms with van der Waals surface area (Å²) in [5, 5.41) is 4.86. The summed E-state index contributed by atoms with van der Waals surface area (Å²) in [4.78, 5) is 5.52. The van der Waals surface area contributed by atoms with Gasteiger partial charge in [0.05, 0.1) is 4.90 Å². The molecule has 2 heterocycles. The van der Waals surface area contributed by atoms with Crippen LogP contribution in [0.2, 0.25) is 0 Å². The standard InChI is InChI=1S/C14H19N3O2S2/c1-2-15-10-13-9-14(11-20-13)21(18,19)17-8-6-12-5-3-4-7-16-12/h3-5,7,9,11,15,17H,2,6,8,10H2,1H3. The Kier molecular flexibility index (Phi) is 5.86. The van der Waals surface area contributed by atoms with Gasteiger partial charge in [-0.2, -0.15) is 0 Å². The maximum Gasteiger partial charge on any atom is 0.241 e. The summed E-state index contributed by atoms with van der Waals surface area (Å²) >= 11 is 1.45. The van der Waals surface area contributed by atoms with Crippen molar-refractivity contribution in [2.24, 2.45) is 0 Å². The van der Waals surface area contributed by atoms with Gasteiger partial charge in [-0.05, 0) is 24.7 Å². The zero-order valence-electron chi connectivity index (χ0n) is 11.9. The lowest BCUT2D eigenvalue weighted by molar-refractivity contribution is 0.581. The molecule has 0 spiro atoms. The van der Waals surface area contributed by atoms with Crippen molar-refractivity contribution in [3.05, 3.63) is 46.4 Å². The SMILES string of the molecule is CCNCc1cc(S(=O)(=O)NCCc2ccccn2)cs1. The van der Waals surface area contributed by atoms with E-state index in [-0.39, 0.29) is 0 Å². The van der Waals surface area contributed by atoms with Crippen LogP contribution < -0.4 is 10.0 Å². The van der Waals surface area contributed by atoms with E-state index in [1.165, 1.54) is 11.3 Å².